The highest BCUT2D eigenvalue weighted by Crippen LogP contribution is 2.21. The van der Waals surface area contributed by atoms with E-state index in [2.05, 4.69) is 10.2 Å². The molecule has 1 saturated heterocycles. The van der Waals surface area contributed by atoms with Crippen LogP contribution in [0.2, 0.25) is 0 Å². The summed E-state index contributed by atoms with van der Waals surface area (Å²) < 4.78 is 18.5. The van der Waals surface area contributed by atoms with Gasteiger partial charge in [-0.2, -0.15) is 0 Å². The van der Waals surface area contributed by atoms with Gasteiger partial charge >= 0.3 is 0 Å². The van der Waals surface area contributed by atoms with Gasteiger partial charge in [-0.15, -0.1) is 0 Å². The number of anilines is 2. The quantitative estimate of drug-likeness (QED) is 0.660. The zero-order chi connectivity index (χ0) is 22.5. The molecule has 1 aliphatic rings. The molecule has 1 heterocycles. The Labute approximate surface area is 186 Å². The topological polar surface area (TPSA) is 61.9 Å². The van der Waals surface area contributed by atoms with Crippen LogP contribution in [-0.2, 0) is 0 Å². The van der Waals surface area contributed by atoms with Crippen molar-refractivity contribution < 1.29 is 18.7 Å². The van der Waals surface area contributed by atoms with Gasteiger partial charge in [0.05, 0.1) is 7.11 Å². The van der Waals surface area contributed by atoms with Gasteiger partial charge in [0.25, 0.3) is 11.8 Å². The molecule has 164 valence electrons. The van der Waals surface area contributed by atoms with Crippen LogP contribution in [0.4, 0.5) is 15.8 Å². The summed E-state index contributed by atoms with van der Waals surface area (Å²) in [6.07, 6.45) is 0. The number of methoxy groups -OCH3 is 1. The molecule has 1 N–H and O–H groups in total. The zero-order valence-electron chi connectivity index (χ0n) is 17.8. The Morgan fingerprint density at radius 1 is 0.875 bits per heavy atom. The molecule has 1 fully saturated rings. The van der Waals surface area contributed by atoms with Crippen molar-refractivity contribution >= 4 is 23.2 Å². The van der Waals surface area contributed by atoms with Crippen LogP contribution in [0.3, 0.4) is 0 Å². The van der Waals surface area contributed by atoms with E-state index in [0.717, 1.165) is 24.5 Å². The molecule has 7 heteroatoms. The molecule has 0 bridgehead atoms. The first-order chi connectivity index (χ1) is 15.5. The standard InChI is InChI=1S/C25H24FN3O3/c1-32-23-11-5-18(6-12-23)25(31)29-15-13-28(14-16-29)22-9-7-21(8-10-22)27-24(30)19-3-2-4-20(26)17-19/h2-12,17H,13-16H2,1H3,(H,27,30). The zero-order valence-corrected chi connectivity index (χ0v) is 17.8. The summed E-state index contributed by atoms with van der Waals surface area (Å²) in [7, 11) is 1.60. The highest BCUT2D eigenvalue weighted by molar-refractivity contribution is 6.04. The molecule has 0 radical (unpaired) electrons. The van der Waals surface area contributed by atoms with Crippen LogP contribution in [-0.4, -0.2) is 50.0 Å². The molecule has 4 rings (SSSR count). The van der Waals surface area contributed by atoms with E-state index in [1.165, 1.54) is 18.2 Å². The van der Waals surface area contributed by atoms with Crippen molar-refractivity contribution in [3.8, 4) is 5.75 Å². The summed E-state index contributed by atoms with van der Waals surface area (Å²) in [5.74, 6) is -0.0647. The van der Waals surface area contributed by atoms with Crippen molar-refractivity contribution in [3.05, 3.63) is 89.7 Å². The van der Waals surface area contributed by atoms with Crippen LogP contribution in [0.1, 0.15) is 20.7 Å². The molecule has 32 heavy (non-hydrogen) atoms. The maximum Gasteiger partial charge on any atom is 0.255 e. The average Bonchev–Trinajstić information content (AvgIpc) is 2.84. The molecule has 0 atom stereocenters. The fraction of sp³-hybridized carbons (Fsp3) is 0.200. The van der Waals surface area contributed by atoms with Gasteiger partial charge in [0.2, 0.25) is 0 Å². The third kappa shape index (κ3) is 4.88. The van der Waals surface area contributed by atoms with Crippen molar-refractivity contribution in [2.45, 2.75) is 0 Å². The minimum absolute atomic E-state index is 0.0164. The number of hydrogen-bond acceptors (Lipinski definition) is 4. The van der Waals surface area contributed by atoms with Crippen LogP contribution in [0.25, 0.3) is 0 Å². The Balaban J connectivity index is 1.32. The molecule has 2 amide bonds. The molecular formula is C25H24FN3O3. The SMILES string of the molecule is COc1ccc(C(=O)N2CCN(c3ccc(NC(=O)c4cccc(F)c4)cc3)CC2)cc1. The molecule has 0 unspecified atom stereocenters. The molecule has 3 aromatic rings. The number of nitrogens with one attached hydrogen (secondary N) is 1. The van der Waals surface area contributed by atoms with Gasteiger partial charge in [0.1, 0.15) is 11.6 Å². The monoisotopic (exact) mass is 433 g/mol. The number of ether oxygens (including phenoxy) is 1. The van der Waals surface area contributed by atoms with E-state index in [9.17, 15) is 14.0 Å². The Morgan fingerprint density at radius 3 is 2.19 bits per heavy atom. The van der Waals surface area contributed by atoms with Gasteiger partial charge in [0.15, 0.2) is 0 Å². The Morgan fingerprint density at radius 2 is 1.56 bits per heavy atom. The third-order valence-electron chi connectivity index (χ3n) is 5.48. The number of amides is 2. The fourth-order valence-electron chi connectivity index (χ4n) is 3.67. The first-order valence-corrected chi connectivity index (χ1v) is 10.4. The van der Waals surface area contributed by atoms with Crippen molar-refractivity contribution in [3.63, 3.8) is 0 Å². The molecule has 3 aromatic carbocycles. The number of carbonyl (C=O) groups excluding carboxylic acids is 2. The van der Waals surface area contributed by atoms with Crippen LogP contribution >= 0.6 is 0 Å². The largest absolute Gasteiger partial charge is 0.497 e. The summed E-state index contributed by atoms with van der Waals surface area (Å²) in [6.45, 7) is 2.69. The maximum absolute atomic E-state index is 13.3. The molecule has 6 nitrogen and oxygen atoms in total. The summed E-state index contributed by atoms with van der Waals surface area (Å²) >= 11 is 0. The van der Waals surface area contributed by atoms with Crippen LogP contribution in [0.15, 0.2) is 72.8 Å². The number of halogens is 1. The fourth-order valence-corrected chi connectivity index (χ4v) is 3.67. The predicted octanol–water partition coefficient (Wildman–Crippen LogP) is 4.05. The summed E-state index contributed by atoms with van der Waals surface area (Å²) in [4.78, 5) is 29.1. The number of nitrogens with zero attached hydrogens (tertiary/aromatic N) is 2. The Hall–Kier alpha value is -3.87. The first kappa shape index (κ1) is 21.4. The third-order valence-corrected chi connectivity index (χ3v) is 5.48. The van der Waals surface area contributed by atoms with Gasteiger partial charge in [0, 0.05) is 48.7 Å². The second-order valence-electron chi connectivity index (χ2n) is 7.52. The minimum Gasteiger partial charge on any atom is -0.497 e. The predicted molar refractivity (Wildman–Crippen MR) is 122 cm³/mol. The van der Waals surface area contributed by atoms with Crippen LogP contribution in [0.5, 0.6) is 5.75 Å². The second kappa shape index (κ2) is 9.51. The second-order valence-corrected chi connectivity index (χ2v) is 7.52. The molecular weight excluding hydrogens is 409 g/mol. The molecule has 0 aliphatic carbocycles. The van der Waals surface area contributed by atoms with Crippen molar-refractivity contribution in [1.82, 2.24) is 4.90 Å². The lowest BCUT2D eigenvalue weighted by atomic mass is 10.1. The van der Waals surface area contributed by atoms with E-state index in [4.69, 9.17) is 4.74 Å². The minimum atomic E-state index is -0.447. The van der Waals surface area contributed by atoms with Crippen LogP contribution < -0.4 is 15.0 Å². The van der Waals surface area contributed by atoms with E-state index in [1.807, 2.05) is 29.2 Å². The molecule has 0 aromatic heterocycles. The van der Waals surface area contributed by atoms with Gasteiger partial charge in [-0.1, -0.05) is 6.07 Å². The first-order valence-electron chi connectivity index (χ1n) is 10.4. The normalized spacial score (nSPS) is 13.6. The highest BCUT2D eigenvalue weighted by Gasteiger charge is 2.22. The number of benzene rings is 3. The molecule has 0 saturated carbocycles. The Kier molecular flexibility index (Phi) is 6.35. The summed E-state index contributed by atoms with van der Waals surface area (Å²) in [5, 5.41) is 2.78. The summed E-state index contributed by atoms with van der Waals surface area (Å²) in [5.41, 5.74) is 2.57. The van der Waals surface area contributed by atoms with E-state index in [1.54, 1.807) is 37.4 Å². The highest BCUT2D eigenvalue weighted by atomic mass is 19.1. The van der Waals surface area contributed by atoms with Crippen molar-refractivity contribution in [2.75, 3.05) is 43.5 Å². The lowest BCUT2D eigenvalue weighted by Gasteiger charge is -2.36. The van der Waals surface area contributed by atoms with Gasteiger partial charge in [-0.3, -0.25) is 9.59 Å². The smallest absolute Gasteiger partial charge is 0.255 e. The van der Waals surface area contributed by atoms with Gasteiger partial charge in [-0.25, -0.2) is 4.39 Å². The lowest BCUT2D eigenvalue weighted by Crippen LogP contribution is -2.48. The summed E-state index contributed by atoms with van der Waals surface area (Å²) in [6, 6.07) is 20.2. The van der Waals surface area contributed by atoms with Gasteiger partial charge < -0.3 is 19.9 Å². The number of piperazine rings is 1. The lowest BCUT2D eigenvalue weighted by molar-refractivity contribution is 0.0746. The van der Waals surface area contributed by atoms with E-state index in [0.29, 0.717) is 24.3 Å². The van der Waals surface area contributed by atoms with E-state index < -0.39 is 5.82 Å². The van der Waals surface area contributed by atoms with Crippen molar-refractivity contribution in [2.24, 2.45) is 0 Å². The molecule has 0 spiro atoms. The Bertz CT molecular complexity index is 1090. The average molecular weight is 433 g/mol. The number of rotatable bonds is 5. The molecule has 1 aliphatic heterocycles. The van der Waals surface area contributed by atoms with Gasteiger partial charge in [-0.05, 0) is 66.7 Å². The van der Waals surface area contributed by atoms with E-state index in [-0.39, 0.29) is 17.4 Å². The number of carbonyl (C=O) groups is 2. The number of hydrogen-bond donors (Lipinski definition) is 1. The van der Waals surface area contributed by atoms with Crippen molar-refractivity contribution in [1.29, 1.82) is 0 Å². The van der Waals surface area contributed by atoms with Crippen LogP contribution in [0, 0.1) is 5.82 Å². The van der Waals surface area contributed by atoms with E-state index >= 15 is 0 Å². The maximum atomic E-state index is 13.3.